The summed E-state index contributed by atoms with van der Waals surface area (Å²) in [4.78, 5) is 25.0. The van der Waals surface area contributed by atoms with E-state index in [2.05, 4.69) is 10.4 Å². The van der Waals surface area contributed by atoms with Crippen molar-refractivity contribution in [2.45, 2.75) is 13.8 Å². The molecule has 0 atom stereocenters. The van der Waals surface area contributed by atoms with Gasteiger partial charge in [0.25, 0.3) is 5.91 Å². The van der Waals surface area contributed by atoms with E-state index in [1.807, 2.05) is 6.92 Å². The predicted octanol–water partition coefficient (Wildman–Crippen LogP) is -0.399. The first-order valence-corrected chi connectivity index (χ1v) is 5.84. The van der Waals surface area contributed by atoms with Gasteiger partial charge in [0.05, 0.1) is 12.2 Å². The Bertz CT molecular complexity index is 441. The third-order valence-corrected chi connectivity index (χ3v) is 2.44. The summed E-state index contributed by atoms with van der Waals surface area (Å²) in [7, 11) is 1.69. The van der Waals surface area contributed by atoms with Gasteiger partial charge in [-0.05, 0) is 13.8 Å². The molecule has 0 bridgehead atoms. The lowest BCUT2D eigenvalue weighted by atomic mass is 10.3. The third-order valence-electron chi connectivity index (χ3n) is 2.44. The number of nitrogens with two attached hydrogens (primary N) is 1. The Kier molecular flexibility index (Phi) is 4.70. The molecule has 3 N–H and O–H groups in total. The van der Waals surface area contributed by atoms with E-state index in [9.17, 15) is 9.59 Å². The molecule has 0 saturated carbocycles. The van der Waals surface area contributed by atoms with Crippen molar-refractivity contribution in [2.75, 3.05) is 25.4 Å². The monoisotopic (exact) mass is 253 g/mol. The number of likely N-dealkylation sites (N-methyl/N-ethyl adjacent to an activating group) is 2. The van der Waals surface area contributed by atoms with E-state index in [0.29, 0.717) is 18.8 Å². The first-order valence-electron chi connectivity index (χ1n) is 5.84. The zero-order valence-electron chi connectivity index (χ0n) is 10.9. The van der Waals surface area contributed by atoms with Crippen molar-refractivity contribution in [1.82, 2.24) is 20.0 Å². The molecule has 0 aliphatic carbocycles. The number of nitrogens with one attached hydrogen (secondary N) is 1. The molecular formula is C11H19N5O2. The Balaban J connectivity index is 2.79. The van der Waals surface area contributed by atoms with Gasteiger partial charge in [0, 0.05) is 26.3 Å². The lowest BCUT2D eigenvalue weighted by Gasteiger charge is -2.19. The van der Waals surface area contributed by atoms with Crippen LogP contribution in [0.1, 0.15) is 24.3 Å². The Labute approximate surface area is 106 Å². The average Bonchev–Trinajstić information content (AvgIpc) is 2.65. The molecule has 0 aliphatic heterocycles. The minimum atomic E-state index is -0.332. The van der Waals surface area contributed by atoms with Gasteiger partial charge >= 0.3 is 0 Å². The zero-order valence-corrected chi connectivity index (χ0v) is 10.9. The fourth-order valence-corrected chi connectivity index (χ4v) is 1.58. The summed E-state index contributed by atoms with van der Waals surface area (Å²) in [5.41, 5.74) is 6.19. The summed E-state index contributed by atoms with van der Waals surface area (Å²) in [6.45, 7) is 4.60. The van der Waals surface area contributed by atoms with Gasteiger partial charge in [0.2, 0.25) is 5.91 Å². The highest BCUT2D eigenvalue weighted by molar-refractivity contribution is 5.98. The average molecular weight is 253 g/mol. The molecule has 0 saturated heterocycles. The van der Waals surface area contributed by atoms with Gasteiger partial charge in [0.1, 0.15) is 0 Å². The first-order chi connectivity index (χ1) is 8.49. The van der Waals surface area contributed by atoms with Gasteiger partial charge in [-0.1, -0.05) is 0 Å². The number of nitrogens with zero attached hydrogens (tertiary/aromatic N) is 3. The van der Waals surface area contributed by atoms with Crippen LogP contribution in [0.4, 0.5) is 5.69 Å². The van der Waals surface area contributed by atoms with Gasteiger partial charge < -0.3 is 16.0 Å². The van der Waals surface area contributed by atoms with Crippen LogP contribution < -0.4 is 11.1 Å². The maximum Gasteiger partial charge on any atom is 0.276 e. The normalized spacial score (nSPS) is 10.2. The highest BCUT2D eigenvalue weighted by Gasteiger charge is 2.21. The lowest BCUT2D eigenvalue weighted by molar-refractivity contribution is -0.121. The molecule has 1 heterocycles. The van der Waals surface area contributed by atoms with Crippen LogP contribution in [0.5, 0.6) is 0 Å². The molecular weight excluding hydrogens is 234 g/mol. The second-order valence-corrected chi connectivity index (χ2v) is 3.88. The molecule has 1 aromatic heterocycles. The topological polar surface area (TPSA) is 93.2 Å². The van der Waals surface area contributed by atoms with Crippen LogP contribution in [0.3, 0.4) is 0 Å². The summed E-state index contributed by atoms with van der Waals surface area (Å²) in [5.74, 6) is -0.524. The number of carbonyl (C=O) groups excluding carboxylic acids is 2. The molecule has 2 amide bonds. The molecule has 7 heteroatoms. The van der Waals surface area contributed by atoms with Crippen LogP contribution in [0.25, 0.3) is 0 Å². The van der Waals surface area contributed by atoms with Gasteiger partial charge in [-0.25, -0.2) is 0 Å². The van der Waals surface area contributed by atoms with E-state index < -0.39 is 0 Å². The third kappa shape index (κ3) is 3.22. The Morgan fingerprint density at radius 1 is 1.50 bits per heavy atom. The van der Waals surface area contributed by atoms with Crippen molar-refractivity contribution in [3.63, 3.8) is 0 Å². The fraction of sp³-hybridized carbons (Fsp3) is 0.545. The molecule has 0 unspecified atom stereocenters. The van der Waals surface area contributed by atoms with Crippen LogP contribution >= 0.6 is 0 Å². The summed E-state index contributed by atoms with van der Waals surface area (Å²) >= 11 is 0. The minimum absolute atomic E-state index is 0.0131. The molecule has 1 aromatic rings. The molecule has 1 rings (SSSR count). The number of hydrogen-bond acceptors (Lipinski definition) is 4. The van der Waals surface area contributed by atoms with Crippen molar-refractivity contribution in [3.05, 3.63) is 11.9 Å². The van der Waals surface area contributed by atoms with E-state index in [1.54, 1.807) is 20.2 Å². The Morgan fingerprint density at radius 3 is 2.61 bits per heavy atom. The SMILES string of the molecule is CCNC(=O)CN(CC)C(=O)c1nn(C)cc1N. The highest BCUT2D eigenvalue weighted by Crippen LogP contribution is 2.11. The fourth-order valence-electron chi connectivity index (χ4n) is 1.58. The number of hydrogen-bond donors (Lipinski definition) is 2. The van der Waals surface area contributed by atoms with Crippen molar-refractivity contribution in [2.24, 2.45) is 7.05 Å². The van der Waals surface area contributed by atoms with Gasteiger partial charge in [-0.2, -0.15) is 5.10 Å². The van der Waals surface area contributed by atoms with Gasteiger partial charge in [-0.3, -0.25) is 14.3 Å². The molecule has 18 heavy (non-hydrogen) atoms. The van der Waals surface area contributed by atoms with Gasteiger partial charge in [-0.15, -0.1) is 0 Å². The van der Waals surface area contributed by atoms with Crippen LogP contribution in [0, 0.1) is 0 Å². The highest BCUT2D eigenvalue weighted by atomic mass is 16.2. The molecule has 0 spiro atoms. The van der Waals surface area contributed by atoms with E-state index in [1.165, 1.54) is 9.58 Å². The smallest absolute Gasteiger partial charge is 0.276 e. The van der Waals surface area contributed by atoms with Crippen LogP contribution in [0.15, 0.2) is 6.20 Å². The van der Waals surface area contributed by atoms with Crippen LogP contribution in [-0.2, 0) is 11.8 Å². The molecule has 7 nitrogen and oxygen atoms in total. The quantitative estimate of drug-likeness (QED) is 0.746. The number of rotatable bonds is 5. The lowest BCUT2D eigenvalue weighted by Crippen LogP contribution is -2.40. The van der Waals surface area contributed by atoms with E-state index in [4.69, 9.17) is 5.73 Å². The van der Waals surface area contributed by atoms with Crippen molar-refractivity contribution < 1.29 is 9.59 Å². The van der Waals surface area contributed by atoms with Crippen molar-refractivity contribution in [1.29, 1.82) is 0 Å². The standard InChI is InChI=1S/C11H19N5O2/c1-4-13-9(17)7-16(5-2)11(18)10-8(12)6-15(3)14-10/h6H,4-5,7,12H2,1-3H3,(H,13,17). The number of nitrogen functional groups attached to an aromatic ring is 1. The van der Waals surface area contributed by atoms with E-state index >= 15 is 0 Å². The second-order valence-electron chi connectivity index (χ2n) is 3.88. The summed E-state index contributed by atoms with van der Waals surface area (Å²) in [6, 6.07) is 0. The second kappa shape index (κ2) is 6.04. The zero-order chi connectivity index (χ0) is 13.7. The number of amides is 2. The predicted molar refractivity (Wildman–Crippen MR) is 67.9 cm³/mol. The summed E-state index contributed by atoms with van der Waals surface area (Å²) in [6.07, 6.45) is 1.56. The first kappa shape index (κ1) is 14.0. The van der Waals surface area contributed by atoms with Crippen molar-refractivity contribution in [3.8, 4) is 0 Å². The van der Waals surface area contributed by atoms with Crippen molar-refractivity contribution >= 4 is 17.5 Å². The van der Waals surface area contributed by atoms with Crippen LogP contribution in [0.2, 0.25) is 0 Å². The summed E-state index contributed by atoms with van der Waals surface area (Å²) in [5, 5.41) is 6.65. The van der Waals surface area contributed by atoms with E-state index in [0.717, 1.165) is 0 Å². The maximum absolute atomic E-state index is 12.1. The molecule has 100 valence electrons. The minimum Gasteiger partial charge on any atom is -0.396 e. The molecule has 0 fully saturated rings. The Morgan fingerprint density at radius 2 is 2.17 bits per heavy atom. The number of aryl methyl sites for hydroxylation is 1. The van der Waals surface area contributed by atoms with E-state index in [-0.39, 0.29) is 24.1 Å². The summed E-state index contributed by atoms with van der Waals surface area (Å²) < 4.78 is 1.47. The van der Waals surface area contributed by atoms with Crippen LogP contribution in [-0.4, -0.2) is 46.1 Å². The maximum atomic E-state index is 12.1. The largest absolute Gasteiger partial charge is 0.396 e. The number of carbonyl (C=O) groups is 2. The Hall–Kier alpha value is -2.05. The molecule has 0 aromatic carbocycles. The molecule has 0 radical (unpaired) electrons. The number of aromatic nitrogens is 2. The van der Waals surface area contributed by atoms with Gasteiger partial charge in [0.15, 0.2) is 5.69 Å². The molecule has 0 aliphatic rings. The number of anilines is 1.